The van der Waals surface area contributed by atoms with Gasteiger partial charge in [-0.3, -0.25) is 4.79 Å². The van der Waals surface area contributed by atoms with Crippen LogP contribution in [0.2, 0.25) is 5.02 Å². The molecule has 5 aromatic rings. The molecule has 0 fully saturated rings. The predicted molar refractivity (Wildman–Crippen MR) is 166 cm³/mol. The van der Waals surface area contributed by atoms with Crippen LogP contribution in [-0.4, -0.2) is 16.5 Å². The first kappa shape index (κ1) is 24.6. The van der Waals surface area contributed by atoms with Gasteiger partial charge in [-0.05, 0) is 58.9 Å². The molecule has 0 unspecified atom stereocenters. The lowest BCUT2D eigenvalue weighted by Crippen LogP contribution is -2.54. The van der Waals surface area contributed by atoms with Crippen molar-refractivity contribution in [3.63, 3.8) is 0 Å². The number of nitrogens with zero attached hydrogens (tertiary/aromatic N) is 4. The van der Waals surface area contributed by atoms with Crippen molar-refractivity contribution in [2.24, 2.45) is 10.2 Å². The average Bonchev–Trinajstić information content (AvgIpc) is 3.39. The van der Waals surface area contributed by atoms with Crippen LogP contribution in [0.15, 0.2) is 132 Å². The van der Waals surface area contributed by atoms with Crippen LogP contribution < -0.4 is 10.0 Å². The maximum absolute atomic E-state index is 12.8. The summed E-state index contributed by atoms with van der Waals surface area (Å²) in [5, 5.41) is 17.5. The highest BCUT2D eigenvalue weighted by molar-refractivity contribution is 8.17. The van der Waals surface area contributed by atoms with Crippen LogP contribution in [0.5, 0.6) is 0 Å². The van der Waals surface area contributed by atoms with Gasteiger partial charge < -0.3 is 0 Å². The number of halogens is 1. The average molecular weight is 559 g/mol. The molecule has 0 aliphatic carbocycles. The van der Waals surface area contributed by atoms with E-state index in [1.807, 2.05) is 82.8 Å². The number of para-hydroxylation sites is 1. The second kappa shape index (κ2) is 9.66. The molecular formula is C33H23ClN4OS. The third-order valence-corrected chi connectivity index (χ3v) is 8.82. The van der Waals surface area contributed by atoms with Gasteiger partial charge in [0.25, 0.3) is 0 Å². The van der Waals surface area contributed by atoms with E-state index >= 15 is 0 Å². The van der Waals surface area contributed by atoms with Crippen molar-refractivity contribution in [3.05, 3.63) is 143 Å². The maximum Gasteiger partial charge on any atom is 0.234 e. The minimum Gasteiger partial charge on any atom is -0.292 e. The quantitative estimate of drug-likeness (QED) is 0.224. The van der Waals surface area contributed by atoms with Crippen molar-refractivity contribution in [2.45, 2.75) is 11.9 Å². The van der Waals surface area contributed by atoms with Crippen LogP contribution in [-0.2, 0) is 9.79 Å². The highest BCUT2D eigenvalue weighted by atomic mass is 35.5. The van der Waals surface area contributed by atoms with Gasteiger partial charge in [0.2, 0.25) is 4.99 Å². The topological polar surface area (TPSA) is 48.3 Å². The monoisotopic (exact) mass is 558 g/mol. The summed E-state index contributed by atoms with van der Waals surface area (Å²) in [6, 6.07) is 40.5. The summed E-state index contributed by atoms with van der Waals surface area (Å²) in [6.07, 6.45) is 0. The zero-order valence-corrected chi connectivity index (χ0v) is 23.1. The first-order chi connectivity index (χ1) is 19.6. The van der Waals surface area contributed by atoms with Crippen LogP contribution in [0.1, 0.15) is 23.6 Å². The molecule has 0 saturated carbocycles. The van der Waals surface area contributed by atoms with Crippen LogP contribution in [0.4, 0.5) is 11.4 Å². The van der Waals surface area contributed by atoms with Crippen LogP contribution in [0.25, 0.3) is 10.8 Å². The van der Waals surface area contributed by atoms with E-state index in [0.29, 0.717) is 10.1 Å². The van der Waals surface area contributed by atoms with Crippen molar-refractivity contribution in [1.29, 1.82) is 0 Å². The molecule has 7 rings (SSSR count). The van der Waals surface area contributed by atoms with Crippen molar-refractivity contribution in [2.75, 3.05) is 10.0 Å². The number of fused-ring (bicyclic) bond motifs is 3. The predicted octanol–water partition coefficient (Wildman–Crippen LogP) is 8.03. The molecule has 5 aromatic carbocycles. The Morgan fingerprint density at radius 1 is 0.700 bits per heavy atom. The number of benzene rings is 5. The molecule has 0 aromatic heterocycles. The van der Waals surface area contributed by atoms with Crippen LogP contribution in [0, 0.1) is 0 Å². The molecule has 7 heteroatoms. The Hall–Kier alpha value is -4.39. The van der Waals surface area contributed by atoms with Gasteiger partial charge in [-0.15, -0.1) is 0 Å². The lowest BCUT2D eigenvalue weighted by molar-refractivity contribution is -0.110. The summed E-state index contributed by atoms with van der Waals surface area (Å²) in [4.78, 5) is 11.8. The van der Waals surface area contributed by atoms with Gasteiger partial charge in [0, 0.05) is 28.6 Å². The fourth-order valence-corrected chi connectivity index (χ4v) is 6.77. The molecule has 1 spiro atoms. The van der Waals surface area contributed by atoms with Gasteiger partial charge in [0.1, 0.15) is 0 Å². The number of Topliss-reactive ketones (excluding diaryl/α,β-unsaturated/α-hetero) is 1. The van der Waals surface area contributed by atoms with Crippen molar-refractivity contribution in [3.8, 4) is 0 Å². The number of carbonyl (C=O) groups is 1. The van der Waals surface area contributed by atoms with E-state index in [1.165, 1.54) is 11.8 Å². The minimum atomic E-state index is -0.999. The van der Waals surface area contributed by atoms with E-state index in [1.54, 1.807) is 6.92 Å². The highest BCUT2D eigenvalue weighted by Crippen LogP contribution is 2.55. The lowest BCUT2D eigenvalue weighted by atomic mass is 9.91. The first-order valence-electron chi connectivity index (χ1n) is 12.9. The van der Waals surface area contributed by atoms with E-state index < -0.39 is 4.99 Å². The Kier molecular flexibility index (Phi) is 5.95. The Balaban J connectivity index is 1.55. The first-order valence-corrected chi connectivity index (χ1v) is 14.1. The third-order valence-electron chi connectivity index (χ3n) is 7.15. The van der Waals surface area contributed by atoms with E-state index in [4.69, 9.17) is 21.8 Å². The van der Waals surface area contributed by atoms with Crippen LogP contribution in [0.3, 0.4) is 0 Å². The number of ketones is 1. The van der Waals surface area contributed by atoms with E-state index in [2.05, 4.69) is 48.5 Å². The summed E-state index contributed by atoms with van der Waals surface area (Å²) < 4.78 is 0. The van der Waals surface area contributed by atoms with Gasteiger partial charge in [-0.25, -0.2) is 10.0 Å². The fourth-order valence-electron chi connectivity index (χ4n) is 5.36. The van der Waals surface area contributed by atoms with Gasteiger partial charge in [0.05, 0.1) is 17.1 Å². The van der Waals surface area contributed by atoms with Gasteiger partial charge in [0.15, 0.2) is 10.8 Å². The summed E-state index contributed by atoms with van der Waals surface area (Å²) in [5.74, 6) is -0.102. The molecule has 2 heterocycles. The van der Waals surface area contributed by atoms with Gasteiger partial charge in [-0.1, -0.05) is 96.5 Å². The molecule has 0 N–H and O–H groups in total. The standard InChI is InChI=1S/C33H23ClN4OS/c1-22(39)32-36-38(26-20-18-24(34)19-21-26)33(40-32)30-17-8-7-15-29(30)31(35-37(33)25-12-3-2-4-13-25)28-16-9-11-23-10-5-6-14-27(23)28/h2-21H,1H3/t33-/m0/s1. The molecule has 0 bridgehead atoms. The number of hydrazone groups is 2. The number of hydrogen-bond acceptors (Lipinski definition) is 6. The molecule has 0 amide bonds. The molecule has 2 aliphatic heterocycles. The Morgan fingerprint density at radius 2 is 1.32 bits per heavy atom. The number of hydrogen-bond donors (Lipinski definition) is 0. The Bertz CT molecular complexity index is 1830. The normalized spacial score (nSPS) is 18.1. The highest BCUT2D eigenvalue weighted by Gasteiger charge is 2.55. The molecule has 2 aliphatic rings. The molecule has 40 heavy (non-hydrogen) atoms. The Morgan fingerprint density at radius 3 is 2.12 bits per heavy atom. The summed E-state index contributed by atoms with van der Waals surface area (Å²) >= 11 is 7.68. The summed E-state index contributed by atoms with van der Waals surface area (Å²) in [6.45, 7) is 1.55. The molecular weight excluding hydrogens is 536 g/mol. The zero-order chi connectivity index (χ0) is 27.3. The summed E-state index contributed by atoms with van der Waals surface area (Å²) in [5.41, 5.74) is 5.54. The number of anilines is 2. The summed E-state index contributed by atoms with van der Waals surface area (Å²) in [7, 11) is 0. The molecule has 0 saturated heterocycles. The smallest absolute Gasteiger partial charge is 0.234 e. The third kappa shape index (κ3) is 3.83. The zero-order valence-electron chi connectivity index (χ0n) is 21.5. The van der Waals surface area contributed by atoms with Crippen molar-refractivity contribution >= 4 is 62.0 Å². The molecule has 194 valence electrons. The lowest BCUT2D eigenvalue weighted by Gasteiger charge is -2.47. The number of carbonyl (C=O) groups excluding carboxylic acids is 1. The van der Waals surface area contributed by atoms with Crippen molar-refractivity contribution < 1.29 is 4.79 Å². The van der Waals surface area contributed by atoms with Gasteiger partial charge >= 0.3 is 0 Å². The van der Waals surface area contributed by atoms with Gasteiger partial charge in [-0.2, -0.15) is 10.2 Å². The SMILES string of the molecule is CC(=O)C1=NN(c2ccc(Cl)cc2)[C@]2(S1)c1ccccc1C(c1cccc3ccccc13)=NN2c1ccccc1. The van der Waals surface area contributed by atoms with E-state index in [-0.39, 0.29) is 5.78 Å². The molecule has 5 nitrogen and oxygen atoms in total. The van der Waals surface area contributed by atoms with E-state index in [9.17, 15) is 4.79 Å². The largest absolute Gasteiger partial charge is 0.292 e. The minimum absolute atomic E-state index is 0.102. The maximum atomic E-state index is 12.8. The fraction of sp³-hybridized carbons (Fsp3) is 0.0606. The molecule has 1 atom stereocenters. The van der Waals surface area contributed by atoms with E-state index in [0.717, 1.165) is 44.5 Å². The number of rotatable bonds is 4. The second-order valence-corrected chi connectivity index (χ2v) is 11.2. The Labute approximate surface area is 241 Å². The van der Waals surface area contributed by atoms with Crippen molar-refractivity contribution in [1.82, 2.24) is 0 Å². The van der Waals surface area contributed by atoms with Crippen LogP contribution >= 0.6 is 23.4 Å². The molecule has 0 radical (unpaired) electrons. The second-order valence-electron chi connectivity index (χ2n) is 9.63. The number of thioether (sulfide) groups is 1.